The van der Waals surface area contributed by atoms with Gasteiger partial charge in [-0.25, -0.2) is 0 Å². The lowest BCUT2D eigenvalue weighted by atomic mass is 10.3. The first-order valence-corrected chi connectivity index (χ1v) is 3.94. The monoisotopic (exact) mass is 189 g/mol. The largest absolute Gasteiger partial charge is 0.506 e. The highest BCUT2D eigenvalue weighted by molar-refractivity contribution is 5.53. The summed E-state index contributed by atoms with van der Waals surface area (Å²) in [6.07, 6.45) is 2.87. The molecular weight excluding hydrogens is 182 g/mol. The second kappa shape index (κ2) is 3.33. The van der Waals surface area contributed by atoms with E-state index < -0.39 is 0 Å². The maximum absolute atomic E-state index is 9.17. The Hall–Kier alpha value is -2.11. The van der Waals surface area contributed by atoms with E-state index in [0.29, 0.717) is 17.2 Å². The first-order chi connectivity index (χ1) is 6.75. The molecule has 2 rings (SSSR count). The second-order valence-electron chi connectivity index (χ2n) is 2.70. The van der Waals surface area contributed by atoms with Crippen LogP contribution < -0.4 is 0 Å². The van der Waals surface area contributed by atoms with Gasteiger partial charge in [0.2, 0.25) is 5.82 Å². The highest BCUT2D eigenvalue weighted by atomic mass is 16.3. The second-order valence-corrected chi connectivity index (χ2v) is 2.70. The van der Waals surface area contributed by atoms with Crippen LogP contribution in [-0.4, -0.2) is 30.5 Å². The quantitative estimate of drug-likeness (QED) is 0.696. The predicted molar refractivity (Wildman–Crippen MR) is 47.3 cm³/mol. The summed E-state index contributed by atoms with van der Waals surface area (Å²) in [4.78, 5) is 3.80. The van der Waals surface area contributed by atoms with Gasteiger partial charge >= 0.3 is 0 Å². The SMILES string of the molecule is Cc1nnc(-c2cncc(O)c2)nn1. The number of hydrogen-bond acceptors (Lipinski definition) is 6. The van der Waals surface area contributed by atoms with Crippen molar-refractivity contribution >= 4 is 0 Å². The van der Waals surface area contributed by atoms with Crippen LogP contribution in [0.3, 0.4) is 0 Å². The van der Waals surface area contributed by atoms with Gasteiger partial charge in [-0.05, 0) is 13.0 Å². The summed E-state index contributed by atoms with van der Waals surface area (Å²) >= 11 is 0. The fraction of sp³-hybridized carbons (Fsp3) is 0.125. The van der Waals surface area contributed by atoms with Crippen LogP contribution in [0, 0.1) is 6.92 Å². The van der Waals surface area contributed by atoms with E-state index in [-0.39, 0.29) is 5.75 Å². The third-order valence-corrected chi connectivity index (χ3v) is 1.56. The molecule has 0 bridgehead atoms. The van der Waals surface area contributed by atoms with E-state index in [2.05, 4.69) is 25.4 Å². The lowest BCUT2D eigenvalue weighted by Gasteiger charge is -1.97. The zero-order chi connectivity index (χ0) is 9.97. The maximum Gasteiger partial charge on any atom is 0.205 e. The number of rotatable bonds is 1. The lowest BCUT2D eigenvalue weighted by Crippen LogP contribution is -1.98. The van der Waals surface area contributed by atoms with E-state index in [4.69, 9.17) is 0 Å². The Kier molecular flexibility index (Phi) is 2.02. The fourth-order valence-electron chi connectivity index (χ4n) is 0.945. The maximum atomic E-state index is 9.17. The van der Waals surface area contributed by atoms with Crippen molar-refractivity contribution < 1.29 is 5.11 Å². The Morgan fingerprint density at radius 3 is 2.43 bits per heavy atom. The Bertz CT molecular complexity index is 442. The molecular formula is C8H7N5O. The number of aromatic hydroxyl groups is 1. The first-order valence-electron chi connectivity index (χ1n) is 3.94. The predicted octanol–water partition coefficient (Wildman–Crippen LogP) is 0.343. The Labute approximate surface area is 79.7 Å². The zero-order valence-corrected chi connectivity index (χ0v) is 7.42. The van der Waals surface area contributed by atoms with Gasteiger partial charge in [-0.3, -0.25) is 4.98 Å². The highest BCUT2D eigenvalue weighted by Crippen LogP contribution is 2.16. The molecule has 1 N–H and O–H groups in total. The first kappa shape index (κ1) is 8.49. The van der Waals surface area contributed by atoms with Crippen LogP contribution in [0.25, 0.3) is 11.4 Å². The van der Waals surface area contributed by atoms with Gasteiger partial charge in [0.15, 0.2) is 5.82 Å². The highest BCUT2D eigenvalue weighted by Gasteiger charge is 2.03. The number of pyridine rings is 1. The molecule has 0 aromatic carbocycles. The van der Waals surface area contributed by atoms with Gasteiger partial charge < -0.3 is 5.11 Å². The smallest absolute Gasteiger partial charge is 0.205 e. The van der Waals surface area contributed by atoms with Crippen molar-refractivity contribution in [3.05, 3.63) is 24.3 Å². The zero-order valence-electron chi connectivity index (χ0n) is 7.42. The van der Waals surface area contributed by atoms with Gasteiger partial charge in [0.25, 0.3) is 0 Å². The number of aromatic nitrogens is 5. The Morgan fingerprint density at radius 2 is 1.79 bits per heavy atom. The van der Waals surface area contributed by atoms with Crippen LogP contribution in [0.15, 0.2) is 18.5 Å². The third-order valence-electron chi connectivity index (χ3n) is 1.56. The molecule has 0 fully saturated rings. The average Bonchev–Trinajstić information content (AvgIpc) is 2.19. The molecule has 0 saturated carbocycles. The van der Waals surface area contributed by atoms with Crippen molar-refractivity contribution in [1.82, 2.24) is 25.4 Å². The molecule has 0 saturated heterocycles. The van der Waals surface area contributed by atoms with Gasteiger partial charge in [-0.15, -0.1) is 20.4 Å². The standard InChI is InChI=1S/C8H7N5O/c1-5-10-12-8(13-11-5)6-2-7(14)4-9-3-6/h2-4,14H,1H3. The molecule has 0 spiro atoms. The van der Waals surface area contributed by atoms with Gasteiger partial charge in [-0.2, -0.15) is 0 Å². The van der Waals surface area contributed by atoms with Crippen LogP contribution in [-0.2, 0) is 0 Å². The average molecular weight is 189 g/mol. The van der Waals surface area contributed by atoms with Crippen molar-refractivity contribution in [2.24, 2.45) is 0 Å². The molecule has 14 heavy (non-hydrogen) atoms. The van der Waals surface area contributed by atoms with Gasteiger partial charge in [0, 0.05) is 11.8 Å². The number of hydrogen-bond donors (Lipinski definition) is 1. The molecule has 0 amide bonds. The molecule has 2 aromatic rings. The minimum Gasteiger partial charge on any atom is -0.506 e. The van der Waals surface area contributed by atoms with Crippen LogP contribution in [0.1, 0.15) is 5.82 Å². The van der Waals surface area contributed by atoms with E-state index in [1.807, 2.05) is 0 Å². The Balaban J connectivity index is 2.44. The fourth-order valence-corrected chi connectivity index (χ4v) is 0.945. The summed E-state index contributed by atoms with van der Waals surface area (Å²) in [5.74, 6) is 0.910. The van der Waals surface area contributed by atoms with E-state index in [1.54, 1.807) is 6.92 Å². The summed E-state index contributed by atoms with van der Waals surface area (Å²) in [6.45, 7) is 1.70. The molecule has 70 valence electrons. The molecule has 2 heterocycles. The van der Waals surface area contributed by atoms with E-state index in [0.717, 1.165) is 0 Å². The van der Waals surface area contributed by atoms with Crippen molar-refractivity contribution in [2.45, 2.75) is 6.92 Å². The van der Waals surface area contributed by atoms with Crippen molar-refractivity contribution in [1.29, 1.82) is 0 Å². The third kappa shape index (κ3) is 1.63. The minimum atomic E-state index is 0.0617. The van der Waals surface area contributed by atoms with Crippen molar-refractivity contribution in [3.63, 3.8) is 0 Å². The molecule has 0 unspecified atom stereocenters. The van der Waals surface area contributed by atoms with Crippen LogP contribution in [0.5, 0.6) is 5.75 Å². The Morgan fingerprint density at radius 1 is 1.07 bits per heavy atom. The summed E-state index contributed by atoms with van der Waals surface area (Å²) in [5, 5.41) is 24.3. The molecule has 6 heteroatoms. The number of aryl methyl sites for hydroxylation is 1. The van der Waals surface area contributed by atoms with Crippen molar-refractivity contribution in [2.75, 3.05) is 0 Å². The molecule has 0 aliphatic heterocycles. The molecule has 0 aliphatic rings. The van der Waals surface area contributed by atoms with Crippen LogP contribution in [0.2, 0.25) is 0 Å². The molecule has 0 radical (unpaired) electrons. The summed E-state index contributed by atoms with van der Waals surface area (Å²) in [6, 6.07) is 1.50. The topological polar surface area (TPSA) is 84.7 Å². The van der Waals surface area contributed by atoms with E-state index in [1.165, 1.54) is 18.5 Å². The minimum absolute atomic E-state index is 0.0617. The lowest BCUT2D eigenvalue weighted by molar-refractivity contribution is 0.473. The van der Waals surface area contributed by atoms with E-state index >= 15 is 0 Å². The molecule has 6 nitrogen and oxygen atoms in total. The molecule has 0 atom stereocenters. The summed E-state index contributed by atoms with van der Waals surface area (Å²) in [5.41, 5.74) is 0.588. The van der Waals surface area contributed by atoms with Gasteiger partial charge in [0.05, 0.1) is 6.20 Å². The summed E-state index contributed by atoms with van der Waals surface area (Å²) in [7, 11) is 0. The van der Waals surface area contributed by atoms with Crippen LogP contribution in [0.4, 0.5) is 0 Å². The molecule has 0 aliphatic carbocycles. The van der Waals surface area contributed by atoms with Gasteiger partial charge in [0.1, 0.15) is 5.75 Å². The number of nitrogens with zero attached hydrogens (tertiary/aromatic N) is 5. The van der Waals surface area contributed by atoms with E-state index in [9.17, 15) is 5.11 Å². The molecule has 2 aromatic heterocycles. The van der Waals surface area contributed by atoms with Crippen molar-refractivity contribution in [3.8, 4) is 17.1 Å². The summed E-state index contributed by atoms with van der Waals surface area (Å²) < 4.78 is 0. The van der Waals surface area contributed by atoms with Crippen LogP contribution >= 0.6 is 0 Å². The normalized spacial score (nSPS) is 10.1. The van der Waals surface area contributed by atoms with Gasteiger partial charge in [-0.1, -0.05) is 0 Å².